The lowest BCUT2D eigenvalue weighted by atomic mass is 9.97. The van der Waals surface area contributed by atoms with Crippen molar-refractivity contribution < 1.29 is 19.4 Å². The monoisotopic (exact) mass is 312 g/mol. The van der Waals surface area contributed by atoms with Crippen molar-refractivity contribution in [3.05, 3.63) is 16.1 Å². The Balaban J connectivity index is 1.96. The van der Waals surface area contributed by atoms with Crippen LogP contribution < -0.4 is 0 Å². The number of likely N-dealkylation sites (tertiary alicyclic amines) is 1. The number of carbonyl (C=O) groups is 2. The molecule has 7 heteroatoms. The number of aliphatic carboxylic acids is 1. The molecule has 6 nitrogen and oxygen atoms in total. The second-order valence-corrected chi connectivity index (χ2v) is 6.13. The number of hydrogen-bond acceptors (Lipinski definition) is 5. The van der Waals surface area contributed by atoms with E-state index in [2.05, 4.69) is 4.98 Å². The average Bonchev–Trinajstić information content (AvgIpc) is 2.96. The number of ether oxygens (including phenoxy) is 1. The molecule has 116 valence electrons. The fourth-order valence-electron chi connectivity index (χ4n) is 2.38. The summed E-state index contributed by atoms with van der Waals surface area (Å²) in [5.74, 6) is -1.16. The quantitative estimate of drug-likeness (QED) is 0.901. The fraction of sp³-hybridized carbons (Fsp3) is 0.643. The smallest absolute Gasteiger partial charge is 0.306 e. The van der Waals surface area contributed by atoms with Crippen molar-refractivity contribution in [2.24, 2.45) is 5.92 Å². The first kappa shape index (κ1) is 15.9. The van der Waals surface area contributed by atoms with Crippen molar-refractivity contribution in [3.8, 4) is 0 Å². The molecule has 2 rings (SSSR count). The van der Waals surface area contributed by atoms with Crippen LogP contribution in [-0.4, -0.2) is 46.6 Å². The van der Waals surface area contributed by atoms with E-state index in [-0.39, 0.29) is 17.9 Å². The molecule has 1 atom stereocenters. The zero-order valence-electron chi connectivity index (χ0n) is 12.2. The highest BCUT2D eigenvalue weighted by Crippen LogP contribution is 2.25. The molecule has 1 unspecified atom stereocenters. The van der Waals surface area contributed by atoms with Gasteiger partial charge in [0, 0.05) is 19.7 Å². The van der Waals surface area contributed by atoms with Gasteiger partial charge in [0.2, 0.25) is 0 Å². The van der Waals surface area contributed by atoms with Crippen molar-refractivity contribution in [1.82, 2.24) is 9.88 Å². The molecule has 0 saturated carbocycles. The number of amides is 1. The third kappa shape index (κ3) is 3.79. The Morgan fingerprint density at radius 3 is 2.76 bits per heavy atom. The highest BCUT2D eigenvalue weighted by molar-refractivity contribution is 7.13. The maximum absolute atomic E-state index is 12.4. The molecule has 1 aromatic rings. The van der Waals surface area contributed by atoms with Crippen LogP contribution in [0.25, 0.3) is 0 Å². The number of carboxylic acids is 1. The van der Waals surface area contributed by atoms with Crippen molar-refractivity contribution in [1.29, 1.82) is 0 Å². The second kappa shape index (κ2) is 7.00. The van der Waals surface area contributed by atoms with Gasteiger partial charge in [-0.2, -0.15) is 0 Å². The molecular formula is C14H20N2O4S. The first-order valence-electron chi connectivity index (χ1n) is 7.12. The van der Waals surface area contributed by atoms with E-state index in [0.717, 1.165) is 5.01 Å². The summed E-state index contributed by atoms with van der Waals surface area (Å²) >= 11 is 1.35. The normalized spacial score (nSPS) is 17.7. The van der Waals surface area contributed by atoms with Crippen LogP contribution in [0, 0.1) is 5.92 Å². The topological polar surface area (TPSA) is 79.7 Å². The number of aromatic nitrogens is 1. The maximum atomic E-state index is 12.4. The Morgan fingerprint density at radius 1 is 1.52 bits per heavy atom. The first-order chi connectivity index (χ1) is 10.0. The Bertz CT molecular complexity index is 509. The molecule has 1 N–H and O–H groups in total. The molecule has 21 heavy (non-hydrogen) atoms. The summed E-state index contributed by atoms with van der Waals surface area (Å²) < 4.78 is 5.46. The van der Waals surface area contributed by atoms with E-state index in [9.17, 15) is 9.59 Å². The van der Waals surface area contributed by atoms with Gasteiger partial charge in [0.15, 0.2) is 0 Å². The standard InChI is InChI=1S/C14H20N2O4S/c1-3-20-9(2)12-15-8-11(21-12)13(17)16-6-4-10(5-7-16)14(18)19/h8-10H,3-7H2,1-2H3,(H,18,19). The molecule has 1 fully saturated rings. The van der Waals surface area contributed by atoms with Gasteiger partial charge < -0.3 is 14.7 Å². The molecule has 1 saturated heterocycles. The molecule has 2 heterocycles. The van der Waals surface area contributed by atoms with Crippen LogP contribution >= 0.6 is 11.3 Å². The zero-order valence-corrected chi connectivity index (χ0v) is 13.1. The SMILES string of the molecule is CCOC(C)c1ncc(C(=O)N2CCC(C(=O)O)CC2)s1. The number of thiazole rings is 1. The first-order valence-corrected chi connectivity index (χ1v) is 7.94. The third-order valence-electron chi connectivity index (χ3n) is 3.63. The Labute approximate surface area is 127 Å². The molecule has 1 aliphatic rings. The minimum absolute atomic E-state index is 0.0636. The van der Waals surface area contributed by atoms with E-state index in [1.165, 1.54) is 11.3 Å². The molecule has 0 bridgehead atoms. The third-order valence-corrected chi connectivity index (χ3v) is 4.78. The molecule has 0 spiro atoms. The van der Waals surface area contributed by atoms with E-state index >= 15 is 0 Å². The molecule has 0 aromatic carbocycles. The summed E-state index contributed by atoms with van der Waals surface area (Å²) in [5, 5.41) is 9.76. The number of hydrogen-bond donors (Lipinski definition) is 1. The Morgan fingerprint density at radius 2 is 2.19 bits per heavy atom. The van der Waals surface area contributed by atoms with Crippen LogP contribution in [0.2, 0.25) is 0 Å². The molecule has 0 aliphatic carbocycles. The second-order valence-electron chi connectivity index (χ2n) is 5.07. The Hall–Kier alpha value is -1.47. The van der Waals surface area contributed by atoms with Gasteiger partial charge in [-0.1, -0.05) is 0 Å². The number of piperidine rings is 1. The summed E-state index contributed by atoms with van der Waals surface area (Å²) in [6, 6.07) is 0. The molecular weight excluding hydrogens is 292 g/mol. The predicted molar refractivity (Wildman–Crippen MR) is 78.4 cm³/mol. The predicted octanol–water partition coefficient (Wildman–Crippen LogP) is 2.18. The Kier molecular flexibility index (Phi) is 5.30. The van der Waals surface area contributed by atoms with Crippen molar-refractivity contribution >= 4 is 23.2 Å². The van der Waals surface area contributed by atoms with Gasteiger partial charge in [0.1, 0.15) is 16.0 Å². The summed E-state index contributed by atoms with van der Waals surface area (Å²) in [6.07, 6.45) is 2.50. The van der Waals surface area contributed by atoms with Crippen molar-refractivity contribution in [3.63, 3.8) is 0 Å². The van der Waals surface area contributed by atoms with Crippen LogP contribution in [0.3, 0.4) is 0 Å². The van der Waals surface area contributed by atoms with Crippen LogP contribution in [0.5, 0.6) is 0 Å². The summed E-state index contributed by atoms with van der Waals surface area (Å²) in [5.41, 5.74) is 0. The molecule has 1 aliphatic heterocycles. The van der Waals surface area contributed by atoms with E-state index in [1.54, 1.807) is 11.1 Å². The lowest BCUT2D eigenvalue weighted by molar-refractivity contribution is -0.143. The van der Waals surface area contributed by atoms with Gasteiger partial charge >= 0.3 is 5.97 Å². The number of carboxylic acid groups (broad SMARTS) is 1. The zero-order chi connectivity index (χ0) is 15.4. The largest absolute Gasteiger partial charge is 0.481 e. The maximum Gasteiger partial charge on any atom is 0.306 e. The van der Waals surface area contributed by atoms with Crippen molar-refractivity contribution in [2.45, 2.75) is 32.8 Å². The lowest BCUT2D eigenvalue weighted by Crippen LogP contribution is -2.39. The van der Waals surface area contributed by atoms with Gasteiger partial charge in [-0.05, 0) is 26.7 Å². The molecule has 1 aromatic heterocycles. The van der Waals surface area contributed by atoms with E-state index in [1.807, 2.05) is 13.8 Å². The number of carbonyl (C=O) groups excluding carboxylic acids is 1. The summed E-state index contributed by atoms with van der Waals surface area (Å²) in [4.78, 5) is 29.8. The minimum Gasteiger partial charge on any atom is -0.481 e. The summed E-state index contributed by atoms with van der Waals surface area (Å²) in [6.45, 7) is 5.42. The van der Waals surface area contributed by atoms with Crippen molar-refractivity contribution in [2.75, 3.05) is 19.7 Å². The lowest BCUT2D eigenvalue weighted by Gasteiger charge is -2.29. The van der Waals surface area contributed by atoms with Gasteiger partial charge in [-0.3, -0.25) is 9.59 Å². The summed E-state index contributed by atoms with van der Waals surface area (Å²) in [7, 11) is 0. The highest BCUT2D eigenvalue weighted by atomic mass is 32.1. The van der Waals surface area contributed by atoms with E-state index in [4.69, 9.17) is 9.84 Å². The fourth-order valence-corrected chi connectivity index (χ4v) is 3.27. The van der Waals surface area contributed by atoms with Gasteiger partial charge in [-0.15, -0.1) is 11.3 Å². The van der Waals surface area contributed by atoms with Crippen LogP contribution in [0.15, 0.2) is 6.20 Å². The van der Waals surface area contributed by atoms with E-state index < -0.39 is 5.97 Å². The van der Waals surface area contributed by atoms with Crippen LogP contribution in [0.4, 0.5) is 0 Å². The van der Waals surface area contributed by atoms with Gasteiger partial charge in [0.25, 0.3) is 5.91 Å². The van der Waals surface area contributed by atoms with Gasteiger partial charge in [-0.25, -0.2) is 4.98 Å². The number of rotatable bonds is 5. The average molecular weight is 312 g/mol. The van der Waals surface area contributed by atoms with Crippen LogP contribution in [0.1, 0.15) is 47.5 Å². The molecule has 1 amide bonds. The minimum atomic E-state index is -0.771. The van der Waals surface area contributed by atoms with Gasteiger partial charge in [0.05, 0.1) is 12.1 Å². The van der Waals surface area contributed by atoms with E-state index in [0.29, 0.717) is 37.4 Å². The highest BCUT2D eigenvalue weighted by Gasteiger charge is 2.28. The number of nitrogens with zero attached hydrogens (tertiary/aromatic N) is 2. The molecule has 0 radical (unpaired) electrons. The van der Waals surface area contributed by atoms with Crippen LogP contribution in [-0.2, 0) is 9.53 Å².